The number of hydrogen-bond donors (Lipinski definition) is 0. The average molecular weight is 277 g/mol. The molecule has 4 nitrogen and oxygen atoms in total. The molecule has 0 unspecified atom stereocenters. The van der Waals surface area contributed by atoms with Gasteiger partial charge in [-0.15, -0.1) is 0 Å². The van der Waals surface area contributed by atoms with Crippen LogP contribution in [0.15, 0.2) is 35.2 Å². The zero-order valence-corrected chi connectivity index (χ0v) is 11.6. The van der Waals surface area contributed by atoms with E-state index >= 15 is 0 Å². The van der Waals surface area contributed by atoms with Crippen molar-refractivity contribution >= 4 is 11.0 Å². The van der Waals surface area contributed by atoms with Crippen LogP contribution in [0.5, 0.6) is 0 Å². The molecular weight excluding hydrogens is 262 g/mol. The molecule has 3 aromatic rings. The van der Waals surface area contributed by atoms with E-state index in [4.69, 9.17) is 4.52 Å². The van der Waals surface area contributed by atoms with Crippen LogP contribution in [0.1, 0.15) is 48.9 Å². The summed E-state index contributed by atoms with van der Waals surface area (Å²) in [5.74, 6) is 1.18. The molecule has 0 aliphatic heterocycles. The van der Waals surface area contributed by atoms with Gasteiger partial charge in [-0.25, -0.2) is 9.97 Å². The summed E-state index contributed by atoms with van der Waals surface area (Å²) in [6, 6.07) is 6.29. The van der Waals surface area contributed by atoms with Crippen LogP contribution in [0.25, 0.3) is 22.1 Å². The quantitative estimate of drug-likeness (QED) is 0.725. The maximum Gasteiger partial charge on any atom is 0.175 e. The Balaban J connectivity index is 1.74. The molecule has 0 N–H and O–H groups in total. The molecule has 21 heavy (non-hydrogen) atoms. The summed E-state index contributed by atoms with van der Waals surface area (Å²) in [6.07, 6.45) is 8.47. The topological polar surface area (TPSA) is 51.8 Å². The zero-order valence-electron chi connectivity index (χ0n) is 11.6. The predicted octanol–water partition coefficient (Wildman–Crippen LogP) is 4.04. The zero-order chi connectivity index (χ0) is 13.8. The van der Waals surface area contributed by atoms with Crippen LogP contribution < -0.4 is 0 Å². The first-order valence-electron chi connectivity index (χ1n) is 7.60. The number of hydrogen-bond acceptors (Lipinski definition) is 4. The highest BCUT2D eigenvalue weighted by atomic mass is 16.5. The molecule has 104 valence electrons. The summed E-state index contributed by atoms with van der Waals surface area (Å²) in [4.78, 5) is 8.72. The number of aromatic nitrogens is 3. The van der Waals surface area contributed by atoms with E-state index in [1.54, 1.807) is 6.33 Å². The number of fused-ring (bicyclic) bond motifs is 1. The molecule has 2 fully saturated rings. The lowest BCUT2D eigenvalue weighted by Gasteiger charge is -2.07. The van der Waals surface area contributed by atoms with E-state index in [9.17, 15) is 0 Å². The van der Waals surface area contributed by atoms with Crippen LogP contribution in [0.3, 0.4) is 0 Å². The lowest BCUT2D eigenvalue weighted by molar-refractivity contribution is 0.447. The first kappa shape index (κ1) is 11.4. The maximum absolute atomic E-state index is 5.69. The predicted molar refractivity (Wildman–Crippen MR) is 79.0 cm³/mol. The fourth-order valence-corrected chi connectivity index (χ4v) is 3.07. The number of para-hydroxylation sites is 1. The summed E-state index contributed by atoms with van der Waals surface area (Å²) in [7, 11) is 0. The van der Waals surface area contributed by atoms with Gasteiger partial charge in [0.05, 0.1) is 11.4 Å². The van der Waals surface area contributed by atoms with Gasteiger partial charge in [0.1, 0.15) is 6.33 Å². The molecule has 2 aromatic heterocycles. The van der Waals surface area contributed by atoms with Gasteiger partial charge in [-0.1, -0.05) is 17.3 Å². The third-order valence-corrected chi connectivity index (χ3v) is 4.49. The highest BCUT2D eigenvalue weighted by Crippen LogP contribution is 2.46. The molecule has 1 aromatic carbocycles. The van der Waals surface area contributed by atoms with E-state index < -0.39 is 0 Å². The van der Waals surface area contributed by atoms with Gasteiger partial charge < -0.3 is 4.52 Å². The molecule has 0 spiro atoms. The van der Waals surface area contributed by atoms with Crippen LogP contribution in [0.4, 0.5) is 0 Å². The van der Waals surface area contributed by atoms with Gasteiger partial charge in [-0.2, -0.15) is 0 Å². The molecule has 0 amide bonds. The normalized spacial score (nSPS) is 18.3. The van der Waals surface area contributed by atoms with E-state index in [2.05, 4.69) is 33.3 Å². The van der Waals surface area contributed by atoms with Crippen molar-refractivity contribution in [1.29, 1.82) is 0 Å². The first-order valence-corrected chi connectivity index (χ1v) is 7.60. The van der Waals surface area contributed by atoms with Crippen LogP contribution in [0.2, 0.25) is 0 Å². The molecule has 2 aliphatic carbocycles. The summed E-state index contributed by atoms with van der Waals surface area (Å²) in [5.41, 5.74) is 5.34. The fraction of sp³-hybridized carbons (Fsp3) is 0.353. The van der Waals surface area contributed by atoms with Crippen molar-refractivity contribution in [1.82, 2.24) is 15.1 Å². The molecule has 0 radical (unpaired) electrons. The van der Waals surface area contributed by atoms with Crippen molar-refractivity contribution in [2.75, 3.05) is 0 Å². The van der Waals surface area contributed by atoms with Gasteiger partial charge in [0.2, 0.25) is 0 Å². The summed E-state index contributed by atoms with van der Waals surface area (Å²) < 4.78 is 5.69. The van der Waals surface area contributed by atoms with Gasteiger partial charge in [-0.05, 0) is 31.7 Å². The monoisotopic (exact) mass is 277 g/mol. The van der Waals surface area contributed by atoms with Gasteiger partial charge in [0.15, 0.2) is 5.58 Å². The third-order valence-electron chi connectivity index (χ3n) is 4.49. The van der Waals surface area contributed by atoms with Crippen LogP contribution in [-0.4, -0.2) is 15.1 Å². The minimum Gasteiger partial charge on any atom is -0.355 e. The van der Waals surface area contributed by atoms with Crippen molar-refractivity contribution in [3.05, 3.63) is 42.1 Å². The van der Waals surface area contributed by atoms with Crippen molar-refractivity contribution < 1.29 is 4.52 Å². The van der Waals surface area contributed by atoms with E-state index in [0.717, 1.165) is 33.5 Å². The minimum atomic E-state index is 0.587. The standard InChI is InChI=1S/C17H15N3O/c1-2-12(14-8-18-9-19-15(14)10-4-5-10)17-13(3-1)16(20-21-17)11-6-7-11/h1-3,8-11H,4-7H2. The molecule has 4 heteroatoms. The van der Waals surface area contributed by atoms with E-state index in [-0.39, 0.29) is 0 Å². The molecule has 5 rings (SSSR count). The highest BCUT2D eigenvalue weighted by Gasteiger charge is 2.31. The van der Waals surface area contributed by atoms with Crippen LogP contribution >= 0.6 is 0 Å². The second-order valence-electron chi connectivity index (χ2n) is 6.12. The van der Waals surface area contributed by atoms with Crippen LogP contribution in [-0.2, 0) is 0 Å². The third kappa shape index (κ3) is 1.78. The Labute approximate surface area is 122 Å². The molecule has 0 saturated heterocycles. The molecule has 0 bridgehead atoms. The fourth-order valence-electron chi connectivity index (χ4n) is 3.07. The Morgan fingerprint density at radius 3 is 2.57 bits per heavy atom. The first-order chi connectivity index (χ1) is 10.4. The van der Waals surface area contributed by atoms with E-state index in [1.165, 1.54) is 25.7 Å². The minimum absolute atomic E-state index is 0.587. The number of benzene rings is 1. The Morgan fingerprint density at radius 1 is 0.952 bits per heavy atom. The van der Waals surface area contributed by atoms with E-state index in [0.29, 0.717) is 11.8 Å². The number of rotatable bonds is 3. The van der Waals surface area contributed by atoms with Crippen LogP contribution in [0, 0.1) is 0 Å². The Kier molecular flexibility index (Phi) is 2.25. The summed E-state index contributed by atoms with van der Waals surface area (Å²) in [5, 5.41) is 5.47. The maximum atomic E-state index is 5.69. The Bertz CT molecular complexity index is 831. The van der Waals surface area contributed by atoms with Crippen molar-refractivity contribution in [3.8, 4) is 11.1 Å². The molecule has 2 saturated carbocycles. The average Bonchev–Trinajstić information content (AvgIpc) is 3.44. The number of nitrogens with zero attached hydrogens (tertiary/aromatic N) is 3. The lowest BCUT2D eigenvalue weighted by Crippen LogP contribution is -1.93. The molecule has 2 aliphatic rings. The summed E-state index contributed by atoms with van der Waals surface area (Å²) in [6.45, 7) is 0. The van der Waals surface area contributed by atoms with Gasteiger partial charge in [0.25, 0.3) is 0 Å². The van der Waals surface area contributed by atoms with Gasteiger partial charge >= 0.3 is 0 Å². The highest BCUT2D eigenvalue weighted by molar-refractivity contribution is 5.94. The molecule has 0 atom stereocenters. The molecular formula is C17H15N3O. The SMILES string of the molecule is c1cc(-c2cncnc2C2CC2)c2onc(C3CC3)c2c1. The van der Waals surface area contributed by atoms with Gasteiger partial charge in [-0.3, -0.25) is 0 Å². The summed E-state index contributed by atoms with van der Waals surface area (Å²) >= 11 is 0. The van der Waals surface area contributed by atoms with Crippen molar-refractivity contribution in [2.45, 2.75) is 37.5 Å². The Hall–Kier alpha value is -2.23. The largest absolute Gasteiger partial charge is 0.355 e. The van der Waals surface area contributed by atoms with Gasteiger partial charge in [0, 0.05) is 34.5 Å². The second kappa shape index (κ2) is 4.13. The second-order valence-corrected chi connectivity index (χ2v) is 6.12. The smallest absolute Gasteiger partial charge is 0.175 e. The molecule has 2 heterocycles. The Morgan fingerprint density at radius 2 is 1.76 bits per heavy atom. The lowest BCUT2D eigenvalue weighted by atomic mass is 10.00. The van der Waals surface area contributed by atoms with E-state index in [1.807, 2.05) is 6.20 Å². The van der Waals surface area contributed by atoms with Crippen molar-refractivity contribution in [3.63, 3.8) is 0 Å². The van der Waals surface area contributed by atoms with Crippen molar-refractivity contribution in [2.24, 2.45) is 0 Å².